The summed E-state index contributed by atoms with van der Waals surface area (Å²) in [5, 5.41) is 3.06. The number of nitrogens with zero attached hydrogens (tertiary/aromatic N) is 2. The van der Waals surface area contributed by atoms with Crippen molar-refractivity contribution in [3.05, 3.63) is 35.9 Å². The van der Waals surface area contributed by atoms with E-state index in [1.165, 1.54) is 5.56 Å². The molecule has 0 aliphatic carbocycles. The highest BCUT2D eigenvalue weighted by Crippen LogP contribution is 2.34. The molecule has 2 fully saturated rings. The minimum Gasteiger partial charge on any atom is -0.342 e. The number of piperidine rings is 1. The SMILES string of the molecule is CCCN1C(=O)C(CC(C)C)NC(=O)C12CCN(Cc1ccccc1)CC2. The molecule has 1 N–H and O–H groups in total. The van der Waals surface area contributed by atoms with Crippen molar-refractivity contribution < 1.29 is 9.59 Å². The molecule has 0 bridgehead atoms. The Morgan fingerprint density at radius 2 is 1.81 bits per heavy atom. The average Bonchev–Trinajstić information content (AvgIpc) is 2.65. The second-order valence-corrected chi connectivity index (χ2v) is 8.44. The van der Waals surface area contributed by atoms with Gasteiger partial charge in [-0.15, -0.1) is 0 Å². The topological polar surface area (TPSA) is 52.7 Å². The molecule has 2 heterocycles. The van der Waals surface area contributed by atoms with Crippen molar-refractivity contribution in [1.82, 2.24) is 15.1 Å². The molecule has 5 nitrogen and oxygen atoms in total. The van der Waals surface area contributed by atoms with Gasteiger partial charge in [0.1, 0.15) is 11.6 Å². The number of benzene rings is 1. The van der Waals surface area contributed by atoms with E-state index in [4.69, 9.17) is 0 Å². The van der Waals surface area contributed by atoms with E-state index >= 15 is 0 Å². The molecule has 3 rings (SSSR count). The zero-order valence-electron chi connectivity index (χ0n) is 16.9. The summed E-state index contributed by atoms with van der Waals surface area (Å²) in [6.45, 7) is 9.51. The number of hydrogen-bond acceptors (Lipinski definition) is 3. The van der Waals surface area contributed by atoms with E-state index in [9.17, 15) is 9.59 Å². The van der Waals surface area contributed by atoms with E-state index in [-0.39, 0.29) is 17.9 Å². The zero-order chi connectivity index (χ0) is 19.4. The first-order valence-electron chi connectivity index (χ1n) is 10.3. The number of amides is 2. The van der Waals surface area contributed by atoms with Crippen molar-refractivity contribution in [3.63, 3.8) is 0 Å². The van der Waals surface area contributed by atoms with Crippen molar-refractivity contribution in [3.8, 4) is 0 Å². The molecule has 0 radical (unpaired) electrons. The molecule has 2 amide bonds. The number of nitrogens with one attached hydrogen (secondary N) is 1. The lowest BCUT2D eigenvalue weighted by Gasteiger charge is -2.52. The Labute approximate surface area is 163 Å². The first-order valence-corrected chi connectivity index (χ1v) is 10.3. The maximum Gasteiger partial charge on any atom is 0.246 e. The van der Waals surface area contributed by atoms with E-state index in [1.54, 1.807) is 0 Å². The van der Waals surface area contributed by atoms with Gasteiger partial charge in [-0.3, -0.25) is 14.5 Å². The number of carbonyl (C=O) groups excluding carboxylic acids is 2. The molecule has 2 aliphatic heterocycles. The highest BCUT2D eigenvalue weighted by Gasteiger charge is 2.53. The Hall–Kier alpha value is -1.88. The van der Waals surface area contributed by atoms with Crippen LogP contribution in [0.1, 0.15) is 52.0 Å². The number of rotatable bonds is 6. The molecular weight excluding hydrogens is 338 g/mol. The molecule has 5 heteroatoms. The fourth-order valence-corrected chi connectivity index (χ4v) is 4.47. The third-order valence-corrected chi connectivity index (χ3v) is 5.90. The minimum absolute atomic E-state index is 0.0561. The van der Waals surface area contributed by atoms with Crippen LogP contribution in [-0.4, -0.2) is 52.8 Å². The van der Waals surface area contributed by atoms with Gasteiger partial charge in [0.2, 0.25) is 11.8 Å². The Morgan fingerprint density at radius 1 is 1.15 bits per heavy atom. The van der Waals surface area contributed by atoms with Gasteiger partial charge in [-0.1, -0.05) is 51.1 Å². The van der Waals surface area contributed by atoms with Crippen LogP contribution in [0.25, 0.3) is 0 Å². The smallest absolute Gasteiger partial charge is 0.246 e. The maximum absolute atomic E-state index is 13.1. The third kappa shape index (κ3) is 4.18. The predicted octanol–water partition coefficient (Wildman–Crippen LogP) is 2.80. The van der Waals surface area contributed by atoms with Gasteiger partial charge in [0.25, 0.3) is 0 Å². The molecular formula is C22H33N3O2. The highest BCUT2D eigenvalue weighted by molar-refractivity contribution is 6.00. The zero-order valence-corrected chi connectivity index (χ0v) is 16.9. The molecule has 148 valence electrons. The Kier molecular flexibility index (Phi) is 6.20. The lowest BCUT2D eigenvalue weighted by atomic mass is 9.80. The summed E-state index contributed by atoms with van der Waals surface area (Å²) in [7, 11) is 0. The van der Waals surface area contributed by atoms with Crippen LogP contribution in [0, 0.1) is 5.92 Å². The average molecular weight is 372 g/mol. The van der Waals surface area contributed by atoms with Crippen LogP contribution in [0.5, 0.6) is 0 Å². The molecule has 0 saturated carbocycles. The second-order valence-electron chi connectivity index (χ2n) is 8.44. The van der Waals surface area contributed by atoms with Crippen LogP contribution in [-0.2, 0) is 16.1 Å². The van der Waals surface area contributed by atoms with Gasteiger partial charge in [0.15, 0.2) is 0 Å². The van der Waals surface area contributed by atoms with Crippen LogP contribution >= 0.6 is 0 Å². The molecule has 1 spiro atoms. The van der Waals surface area contributed by atoms with Crippen molar-refractivity contribution >= 4 is 11.8 Å². The van der Waals surface area contributed by atoms with Crippen LogP contribution < -0.4 is 5.32 Å². The van der Waals surface area contributed by atoms with E-state index in [2.05, 4.69) is 55.3 Å². The monoisotopic (exact) mass is 371 g/mol. The number of piperazine rings is 1. The van der Waals surface area contributed by atoms with Gasteiger partial charge < -0.3 is 10.2 Å². The lowest BCUT2D eigenvalue weighted by molar-refractivity contribution is -0.161. The minimum atomic E-state index is -0.659. The molecule has 1 aromatic rings. The number of carbonyl (C=O) groups is 2. The first kappa shape index (κ1) is 19.9. The third-order valence-electron chi connectivity index (χ3n) is 5.90. The van der Waals surface area contributed by atoms with Crippen molar-refractivity contribution in [1.29, 1.82) is 0 Å². The van der Waals surface area contributed by atoms with Crippen LogP contribution in [0.4, 0.5) is 0 Å². The molecule has 1 aromatic carbocycles. The summed E-state index contributed by atoms with van der Waals surface area (Å²) in [5.41, 5.74) is 0.633. The summed E-state index contributed by atoms with van der Waals surface area (Å²) in [6, 6.07) is 10.1. The highest BCUT2D eigenvalue weighted by atomic mass is 16.2. The summed E-state index contributed by atoms with van der Waals surface area (Å²) in [5.74, 6) is 0.548. The van der Waals surface area contributed by atoms with E-state index in [0.29, 0.717) is 31.7 Å². The van der Waals surface area contributed by atoms with E-state index < -0.39 is 5.54 Å². The van der Waals surface area contributed by atoms with Crippen molar-refractivity contribution in [2.24, 2.45) is 5.92 Å². The van der Waals surface area contributed by atoms with Gasteiger partial charge in [-0.25, -0.2) is 0 Å². The molecule has 2 aliphatic rings. The second kappa shape index (κ2) is 8.42. The van der Waals surface area contributed by atoms with Gasteiger partial charge >= 0.3 is 0 Å². The number of hydrogen-bond donors (Lipinski definition) is 1. The maximum atomic E-state index is 13.1. The normalized spacial score (nSPS) is 23.1. The summed E-state index contributed by atoms with van der Waals surface area (Å²) in [6.07, 6.45) is 3.02. The van der Waals surface area contributed by atoms with E-state index in [1.807, 2.05) is 11.0 Å². The van der Waals surface area contributed by atoms with Crippen LogP contribution in [0.15, 0.2) is 30.3 Å². The molecule has 27 heavy (non-hydrogen) atoms. The van der Waals surface area contributed by atoms with Gasteiger partial charge in [-0.2, -0.15) is 0 Å². The Morgan fingerprint density at radius 3 is 2.41 bits per heavy atom. The quantitative estimate of drug-likeness (QED) is 0.837. The predicted molar refractivity (Wildman–Crippen MR) is 107 cm³/mol. The fourth-order valence-electron chi connectivity index (χ4n) is 4.47. The summed E-state index contributed by atoms with van der Waals surface area (Å²) < 4.78 is 0. The molecule has 1 unspecified atom stereocenters. The largest absolute Gasteiger partial charge is 0.342 e. The van der Waals surface area contributed by atoms with Gasteiger partial charge in [-0.05, 0) is 37.2 Å². The van der Waals surface area contributed by atoms with Crippen LogP contribution in [0.3, 0.4) is 0 Å². The Bertz CT molecular complexity index is 651. The van der Waals surface area contributed by atoms with Gasteiger partial charge in [0.05, 0.1) is 0 Å². The van der Waals surface area contributed by atoms with E-state index in [0.717, 1.165) is 26.1 Å². The fraction of sp³-hybridized carbons (Fsp3) is 0.636. The molecule has 2 saturated heterocycles. The summed E-state index contributed by atoms with van der Waals surface area (Å²) in [4.78, 5) is 30.6. The lowest BCUT2D eigenvalue weighted by Crippen LogP contribution is -2.73. The standard InChI is InChI=1S/C22H33N3O2/c1-4-12-25-20(26)19(15-17(2)3)23-21(27)22(25)10-13-24(14-11-22)16-18-8-6-5-7-9-18/h5-9,17,19H,4,10-16H2,1-3H3,(H,23,27). The Balaban J connectivity index is 1.72. The van der Waals surface area contributed by atoms with Crippen LogP contribution in [0.2, 0.25) is 0 Å². The van der Waals surface area contributed by atoms with Crippen molar-refractivity contribution in [2.75, 3.05) is 19.6 Å². The van der Waals surface area contributed by atoms with Gasteiger partial charge in [0, 0.05) is 26.2 Å². The van der Waals surface area contributed by atoms with Crippen molar-refractivity contribution in [2.45, 2.75) is 64.6 Å². The molecule has 0 aromatic heterocycles. The summed E-state index contributed by atoms with van der Waals surface area (Å²) >= 11 is 0. The molecule has 1 atom stereocenters. The number of likely N-dealkylation sites (tertiary alicyclic amines) is 1. The first-order chi connectivity index (χ1) is 13.0.